The first-order valence-electron chi connectivity index (χ1n) is 8.68. The molecule has 2 nitrogen and oxygen atoms in total. The molecule has 1 aliphatic rings. The van der Waals surface area contributed by atoms with Gasteiger partial charge in [-0.15, -0.1) is 0 Å². The number of rotatable bonds is 6. The molecule has 0 saturated heterocycles. The van der Waals surface area contributed by atoms with E-state index in [9.17, 15) is 9.90 Å². The minimum absolute atomic E-state index is 0.128. The maximum Gasteiger partial charge on any atom is 0.120 e. The Labute approximate surface area is 137 Å². The second-order valence-corrected chi connectivity index (χ2v) is 7.30. The number of aliphatic hydroxyl groups is 1. The Kier molecular flexibility index (Phi) is 11.2. The number of aliphatic hydroxyl groups excluding tert-OH is 1. The van der Waals surface area contributed by atoms with Gasteiger partial charge in [0.25, 0.3) is 0 Å². The summed E-state index contributed by atoms with van der Waals surface area (Å²) in [5.74, 6) is 1.61. The summed E-state index contributed by atoms with van der Waals surface area (Å²) < 4.78 is 0. The fourth-order valence-corrected chi connectivity index (χ4v) is 2.86. The number of aldehydes is 1. The van der Waals surface area contributed by atoms with Crippen LogP contribution in [-0.2, 0) is 4.79 Å². The van der Waals surface area contributed by atoms with Crippen molar-refractivity contribution < 1.29 is 9.90 Å². The van der Waals surface area contributed by atoms with E-state index in [0.29, 0.717) is 24.2 Å². The summed E-state index contributed by atoms with van der Waals surface area (Å²) in [5.41, 5.74) is 2.51. The van der Waals surface area contributed by atoms with Gasteiger partial charge in [-0.2, -0.15) is 0 Å². The molecule has 1 aliphatic carbocycles. The van der Waals surface area contributed by atoms with Crippen LogP contribution < -0.4 is 0 Å². The molecule has 1 saturated carbocycles. The first kappa shape index (κ1) is 21.1. The van der Waals surface area contributed by atoms with Crippen LogP contribution in [-0.4, -0.2) is 17.5 Å². The molecular weight excluding hydrogens is 272 g/mol. The van der Waals surface area contributed by atoms with Gasteiger partial charge >= 0.3 is 0 Å². The van der Waals surface area contributed by atoms with Crippen molar-refractivity contribution in [2.45, 2.75) is 79.2 Å². The van der Waals surface area contributed by atoms with E-state index >= 15 is 0 Å². The molecule has 1 unspecified atom stereocenters. The van der Waals surface area contributed by atoms with Gasteiger partial charge in [-0.25, -0.2) is 0 Å². The van der Waals surface area contributed by atoms with E-state index in [1.165, 1.54) is 12.0 Å². The molecule has 0 radical (unpaired) electrons. The van der Waals surface area contributed by atoms with Crippen molar-refractivity contribution in [3.63, 3.8) is 0 Å². The first-order valence-corrected chi connectivity index (χ1v) is 8.68. The highest BCUT2D eigenvalue weighted by molar-refractivity contribution is 5.49. The van der Waals surface area contributed by atoms with E-state index in [1.807, 2.05) is 6.92 Å². The fraction of sp³-hybridized carbons (Fsp3) is 0.750. The van der Waals surface area contributed by atoms with E-state index in [4.69, 9.17) is 0 Å². The molecule has 2 heteroatoms. The quantitative estimate of drug-likeness (QED) is 0.533. The zero-order valence-corrected chi connectivity index (χ0v) is 15.3. The molecule has 1 rings (SSSR count). The lowest BCUT2D eigenvalue weighted by atomic mass is 9.78. The van der Waals surface area contributed by atoms with Crippen LogP contribution in [0.2, 0.25) is 0 Å². The van der Waals surface area contributed by atoms with Crippen LogP contribution in [0.3, 0.4) is 0 Å². The van der Waals surface area contributed by atoms with Gasteiger partial charge in [0.15, 0.2) is 0 Å². The van der Waals surface area contributed by atoms with Gasteiger partial charge in [0.05, 0.1) is 6.10 Å². The van der Waals surface area contributed by atoms with Crippen LogP contribution >= 0.6 is 0 Å². The smallest absolute Gasteiger partial charge is 0.120 e. The summed E-state index contributed by atoms with van der Waals surface area (Å²) >= 11 is 0. The summed E-state index contributed by atoms with van der Waals surface area (Å²) in [5, 5.41) is 9.65. The lowest BCUT2D eigenvalue weighted by Gasteiger charge is -2.31. The lowest BCUT2D eigenvalue weighted by molar-refractivity contribution is -0.108. The molecule has 0 heterocycles. The summed E-state index contributed by atoms with van der Waals surface area (Å²) in [6.45, 7) is 14.4. The van der Waals surface area contributed by atoms with Gasteiger partial charge in [-0.3, -0.25) is 0 Å². The Hall–Kier alpha value is -0.890. The molecule has 22 heavy (non-hydrogen) atoms. The summed E-state index contributed by atoms with van der Waals surface area (Å²) in [4.78, 5) is 10.1. The highest BCUT2D eigenvalue weighted by atomic mass is 16.3. The third kappa shape index (κ3) is 9.94. The Morgan fingerprint density at radius 1 is 1.32 bits per heavy atom. The maximum absolute atomic E-state index is 10.1. The zero-order valence-electron chi connectivity index (χ0n) is 15.3. The SMILES string of the molecule is C=C(C)[C@@H]1CC[C@@H](C)C[C@H]1O.CC(C)=CCCC(C)CC=O. The van der Waals surface area contributed by atoms with Crippen molar-refractivity contribution in [2.75, 3.05) is 0 Å². The molecule has 0 amide bonds. The van der Waals surface area contributed by atoms with Crippen molar-refractivity contribution in [3.8, 4) is 0 Å². The highest BCUT2D eigenvalue weighted by Crippen LogP contribution is 2.32. The van der Waals surface area contributed by atoms with Gasteiger partial charge in [-0.05, 0) is 64.7 Å². The van der Waals surface area contributed by atoms with Gasteiger partial charge in [0, 0.05) is 12.3 Å². The summed E-state index contributed by atoms with van der Waals surface area (Å²) in [6.07, 6.45) is 9.37. The monoisotopic (exact) mass is 308 g/mol. The largest absolute Gasteiger partial charge is 0.392 e. The Morgan fingerprint density at radius 3 is 2.41 bits per heavy atom. The molecule has 1 fully saturated rings. The average Bonchev–Trinajstić information content (AvgIpc) is 2.38. The fourth-order valence-electron chi connectivity index (χ4n) is 2.86. The van der Waals surface area contributed by atoms with Crippen LogP contribution in [0.15, 0.2) is 23.8 Å². The maximum atomic E-state index is 10.1. The Balaban J connectivity index is 0.000000401. The number of carbonyl (C=O) groups is 1. The molecule has 0 bridgehead atoms. The normalized spacial score (nSPS) is 25.5. The van der Waals surface area contributed by atoms with Crippen molar-refractivity contribution >= 4 is 6.29 Å². The van der Waals surface area contributed by atoms with Crippen molar-refractivity contribution in [3.05, 3.63) is 23.8 Å². The lowest BCUT2D eigenvalue weighted by Crippen LogP contribution is -2.28. The zero-order chi connectivity index (χ0) is 17.1. The first-order chi connectivity index (χ1) is 10.3. The molecule has 0 aromatic rings. The number of allylic oxidation sites excluding steroid dienone is 2. The van der Waals surface area contributed by atoms with Gasteiger partial charge < -0.3 is 9.90 Å². The predicted molar refractivity (Wildman–Crippen MR) is 95.8 cm³/mol. The topological polar surface area (TPSA) is 37.3 Å². The van der Waals surface area contributed by atoms with E-state index in [2.05, 4.69) is 40.3 Å². The molecular formula is C20H36O2. The molecule has 0 aromatic carbocycles. The minimum atomic E-state index is -0.128. The highest BCUT2D eigenvalue weighted by Gasteiger charge is 2.26. The van der Waals surface area contributed by atoms with Crippen molar-refractivity contribution in [1.29, 1.82) is 0 Å². The van der Waals surface area contributed by atoms with Gasteiger partial charge in [0.1, 0.15) is 6.29 Å². The minimum Gasteiger partial charge on any atom is -0.392 e. The number of hydrogen-bond acceptors (Lipinski definition) is 2. The van der Waals surface area contributed by atoms with Gasteiger partial charge in [-0.1, -0.05) is 37.6 Å². The molecule has 0 aromatic heterocycles. The number of carbonyl (C=O) groups excluding carboxylic acids is 1. The molecule has 4 atom stereocenters. The van der Waals surface area contributed by atoms with Gasteiger partial charge in [0.2, 0.25) is 0 Å². The third-order valence-electron chi connectivity index (χ3n) is 4.42. The van der Waals surface area contributed by atoms with Crippen molar-refractivity contribution in [1.82, 2.24) is 0 Å². The van der Waals surface area contributed by atoms with Crippen LogP contribution in [0, 0.1) is 17.8 Å². The summed E-state index contributed by atoms with van der Waals surface area (Å²) in [6, 6.07) is 0. The third-order valence-corrected chi connectivity index (χ3v) is 4.42. The predicted octanol–water partition coefficient (Wildman–Crippen LogP) is 5.32. The second-order valence-electron chi connectivity index (χ2n) is 7.30. The van der Waals surface area contributed by atoms with E-state index in [0.717, 1.165) is 37.5 Å². The molecule has 0 aliphatic heterocycles. The molecule has 0 spiro atoms. The standard InChI is InChI=1S/2C10H18O/c1-7(2)9-5-4-8(3)6-10(9)11;1-9(2)5-4-6-10(3)7-8-11/h8-11H,1,4-6H2,2-3H3;5,8,10H,4,6-7H2,1-3H3/t8-,9+,10-;/m1./s1. The van der Waals surface area contributed by atoms with Crippen LogP contribution in [0.5, 0.6) is 0 Å². The van der Waals surface area contributed by atoms with Crippen molar-refractivity contribution in [2.24, 2.45) is 17.8 Å². The molecule has 1 N–H and O–H groups in total. The Bertz CT molecular complexity index is 353. The number of hydrogen-bond donors (Lipinski definition) is 1. The van der Waals surface area contributed by atoms with Crippen LogP contribution in [0.1, 0.15) is 73.1 Å². The Morgan fingerprint density at radius 2 is 1.95 bits per heavy atom. The molecule has 128 valence electrons. The van der Waals surface area contributed by atoms with E-state index in [-0.39, 0.29) is 6.10 Å². The van der Waals surface area contributed by atoms with E-state index < -0.39 is 0 Å². The second kappa shape index (κ2) is 11.6. The van der Waals surface area contributed by atoms with Crippen LogP contribution in [0.4, 0.5) is 0 Å². The van der Waals surface area contributed by atoms with E-state index in [1.54, 1.807) is 0 Å². The average molecular weight is 309 g/mol. The summed E-state index contributed by atoms with van der Waals surface area (Å²) in [7, 11) is 0. The van der Waals surface area contributed by atoms with Crippen LogP contribution in [0.25, 0.3) is 0 Å².